The Balaban J connectivity index is 1.64. The van der Waals surface area contributed by atoms with Crippen LogP contribution in [0.25, 0.3) is 0 Å². The smallest absolute Gasteiger partial charge is 0.191 e. The predicted molar refractivity (Wildman–Crippen MR) is 108 cm³/mol. The fourth-order valence-corrected chi connectivity index (χ4v) is 5.53. The largest absolute Gasteiger partial charge is 0.373 e. The summed E-state index contributed by atoms with van der Waals surface area (Å²) >= 11 is 0. The van der Waals surface area contributed by atoms with Crippen molar-refractivity contribution in [2.75, 3.05) is 12.8 Å². The molecule has 7 heteroatoms. The van der Waals surface area contributed by atoms with Crippen LogP contribution >= 0.6 is 0 Å². The van der Waals surface area contributed by atoms with Gasteiger partial charge in [-0.2, -0.15) is 0 Å². The zero-order valence-corrected chi connectivity index (χ0v) is 17.5. The summed E-state index contributed by atoms with van der Waals surface area (Å²) in [5.41, 5.74) is 2.09. The number of benzene rings is 1. The number of guanidine groups is 1. The molecule has 1 aromatic rings. The van der Waals surface area contributed by atoms with Gasteiger partial charge in [0.1, 0.15) is 0 Å². The van der Waals surface area contributed by atoms with E-state index in [2.05, 4.69) is 15.6 Å². The third-order valence-electron chi connectivity index (χ3n) is 5.74. The minimum atomic E-state index is -3.37. The van der Waals surface area contributed by atoms with E-state index in [0.717, 1.165) is 30.4 Å². The topological polar surface area (TPSA) is 79.8 Å². The minimum Gasteiger partial charge on any atom is -0.373 e. The van der Waals surface area contributed by atoms with Gasteiger partial charge in [0, 0.05) is 13.1 Å². The maximum absolute atomic E-state index is 12.9. The molecule has 0 aliphatic carbocycles. The molecule has 0 spiro atoms. The van der Waals surface area contributed by atoms with Crippen LogP contribution in [0.2, 0.25) is 0 Å². The molecule has 2 aliphatic heterocycles. The van der Waals surface area contributed by atoms with Gasteiger partial charge in [0.25, 0.3) is 0 Å². The second-order valence-corrected chi connectivity index (χ2v) is 9.74. The van der Waals surface area contributed by atoms with Crippen molar-refractivity contribution in [2.24, 2.45) is 4.99 Å². The molecule has 0 aromatic heterocycles. The number of hydrogen-bond donors (Lipinski definition) is 2. The number of sulfone groups is 1. The highest BCUT2D eigenvalue weighted by atomic mass is 32.2. The lowest BCUT2D eigenvalue weighted by atomic mass is 9.96. The van der Waals surface area contributed by atoms with Gasteiger partial charge in [-0.05, 0) is 62.8 Å². The van der Waals surface area contributed by atoms with E-state index in [4.69, 9.17) is 4.74 Å². The second-order valence-electron chi connectivity index (χ2n) is 7.71. The molecule has 2 heterocycles. The fraction of sp³-hybridized carbons (Fsp3) is 0.650. The van der Waals surface area contributed by atoms with E-state index in [-0.39, 0.29) is 23.9 Å². The number of hydrogen-bond acceptors (Lipinski definition) is 4. The van der Waals surface area contributed by atoms with E-state index in [1.54, 1.807) is 19.2 Å². The van der Waals surface area contributed by atoms with Crippen molar-refractivity contribution in [3.8, 4) is 0 Å². The molecule has 2 fully saturated rings. The van der Waals surface area contributed by atoms with Gasteiger partial charge >= 0.3 is 0 Å². The summed E-state index contributed by atoms with van der Waals surface area (Å²) < 4.78 is 31.6. The summed E-state index contributed by atoms with van der Waals surface area (Å²) in [6, 6.07) is 5.37. The van der Waals surface area contributed by atoms with E-state index in [1.165, 1.54) is 0 Å². The van der Waals surface area contributed by atoms with Crippen LogP contribution in [-0.4, -0.2) is 51.5 Å². The van der Waals surface area contributed by atoms with E-state index in [0.29, 0.717) is 23.4 Å². The van der Waals surface area contributed by atoms with Gasteiger partial charge in [0.05, 0.1) is 28.9 Å². The predicted octanol–water partition coefficient (Wildman–Crippen LogP) is 2.34. The third kappa shape index (κ3) is 4.63. The van der Waals surface area contributed by atoms with Gasteiger partial charge in [-0.3, -0.25) is 4.99 Å². The van der Waals surface area contributed by atoms with Crippen molar-refractivity contribution < 1.29 is 13.2 Å². The van der Waals surface area contributed by atoms with E-state index >= 15 is 0 Å². The van der Waals surface area contributed by atoms with Crippen LogP contribution in [0.4, 0.5) is 0 Å². The molecule has 0 radical (unpaired) electrons. The Labute approximate surface area is 162 Å². The second kappa shape index (κ2) is 8.19. The molecule has 27 heavy (non-hydrogen) atoms. The summed E-state index contributed by atoms with van der Waals surface area (Å²) in [4.78, 5) is 4.68. The van der Waals surface area contributed by atoms with Crippen molar-refractivity contribution in [2.45, 2.75) is 75.6 Å². The first-order chi connectivity index (χ1) is 12.8. The molecule has 4 unspecified atom stereocenters. The number of fused-ring (bicyclic) bond motifs is 2. The number of rotatable bonds is 6. The molecule has 2 aliphatic rings. The van der Waals surface area contributed by atoms with Crippen LogP contribution in [0.1, 0.15) is 43.7 Å². The monoisotopic (exact) mass is 393 g/mol. The molecule has 0 amide bonds. The summed E-state index contributed by atoms with van der Waals surface area (Å²) in [6.07, 6.45) is 4.50. The summed E-state index contributed by atoms with van der Waals surface area (Å²) in [5, 5.41) is 6.72. The highest BCUT2D eigenvalue weighted by Gasteiger charge is 2.41. The molecular weight excluding hydrogens is 362 g/mol. The average molecular weight is 394 g/mol. The molecule has 150 valence electrons. The maximum atomic E-state index is 12.9. The van der Waals surface area contributed by atoms with Crippen LogP contribution in [0.5, 0.6) is 0 Å². The Bertz CT molecular complexity index is 807. The van der Waals surface area contributed by atoms with E-state index in [1.807, 2.05) is 26.8 Å². The molecule has 2 N–H and O–H groups in total. The van der Waals surface area contributed by atoms with Gasteiger partial charge in [0.15, 0.2) is 15.8 Å². The Kier molecular flexibility index (Phi) is 6.11. The Morgan fingerprint density at radius 2 is 2.07 bits per heavy atom. The van der Waals surface area contributed by atoms with Gasteiger partial charge in [-0.25, -0.2) is 8.42 Å². The lowest BCUT2D eigenvalue weighted by molar-refractivity contribution is 0.0992. The molecule has 2 saturated heterocycles. The zero-order valence-electron chi connectivity index (χ0n) is 16.7. The molecule has 3 rings (SSSR count). The molecule has 6 nitrogen and oxygen atoms in total. The third-order valence-corrected chi connectivity index (χ3v) is 7.56. The van der Waals surface area contributed by atoms with Gasteiger partial charge in [0.2, 0.25) is 0 Å². The SMILES string of the molecule is CCC(CS(=O)(=O)c1ccc(C)c(C)c1)NC(=NC)NC1CC2CCC1O2. The number of nitrogens with zero attached hydrogens (tertiary/aromatic N) is 1. The van der Waals surface area contributed by atoms with Crippen molar-refractivity contribution in [3.63, 3.8) is 0 Å². The Hall–Kier alpha value is -1.60. The summed E-state index contributed by atoms with van der Waals surface area (Å²) in [7, 11) is -1.65. The lowest BCUT2D eigenvalue weighted by Gasteiger charge is -2.25. The minimum absolute atomic E-state index is 0.0416. The fourth-order valence-electron chi connectivity index (χ4n) is 3.86. The van der Waals surface area contributed by atoms with Gasteiger partial charge in [-0.15, -0.1) is 0 Å². The number of nitrogens with one attached hydrogen (secondary N) is 2. The van der Waals surface area contributed by atoms with Crippen LogP contribution in [0.3, 0.4) is 0 Å². The maximum Gasteiger partial charge on any atom is 0.191 e. The van der Waals surface area contributed by atoms with Crippen molar-refractivity contribution in [1.82, 2.24) is 10.6 Å². The first kappa shape index (κ1) is 20.1. The van der Waals surface area contributed by atoms with Crippen molar-refractivity contribution in [1.29, 1.82) is 0 Å². The number of aryl methyl sites for hydroxylation is 2. The van der Waals surface area contributed by atoms with Crippen LogP contribution in [0.15, 0.2) is 28.1 Å². The van der Waals surface area contributed by atoms with Gasteiger partial charge in [-0.1, -0.05) is 13.0 Å². The summed E-state index contributed by atoms with van der Waals surface area (Å²) in [5.74, 6) is 0.693. The molecule has 2 bridgehead atoms. The van der Waals surface area contributed by atoms with Crippen LogP contribution in [0, 0.1) is 13.8 Å². The van der Waals surface area contributed by atoms with Crippen LogP contribution in [-0.2, 0) is 14.6 Å². The quantitative estimate of drug-likeness (QED) is 0.573. The highest BCUT2D eigenvalue weighted by molar-refractivity contribution is 7.91. The summed E-state index contributed by atoms with van der Waals surface area (Å²) in [6.45, 7) is 5.91. The van der Waals surface area contributed by atoms with Crippen molar-refractivity contribution >= 4 is 15.8 Å². The zero-order chi connectivity index (χ0) is 19.6. The number of aliphatic imine (C=N–C) groups is 1. The highest BCUT2D eigenvalue weighted by Crippen LogP contribution is 2.34. The van der Waals surface area contributed by atoms with E-state index in [9.17, 15) is 8.42 Å². The van der Waals surface area contributed by atoms with Crippen molar-refractivity contribution in [3.05, 3.63) is 29.3 Å². The first-order valence-corrected chi connectivity index (χ1v) is 11.4. The van der Waals surface area contributed by atoms with E-state index < -0.39 is 9.84 Å². The normalized spacial score (nSPS) is 26.2. The molecule has 1 aromatic carbocycles. The lowest BCUT2D eigenvalue weighted by Crippen LogP contribution is -2.51. The standard InChI is InChI=1S/C20H31N3O3S/c1-5-15(12-27(24,25)17-8-6-13(2)14(3)10-17)22-20(21-4)23-18-11-16-7-9-19(18)26-16/h6,8,10,15-16,18-19H,5,7,9,11-12H2,1-4H3,(H2,21,22,23). The first-order valence-electron chi connectivity index (χ1n) is 9.77. The average Bonchev–Trinajstić information content (AvgIpc) is 3.25. The molecule has 4 atom stereocenters. The Morgan fingerprint density at radius 1 is 1.30 bits per heavy atom. The Morgan fingerprint density at radius 3 is 2.63 bits per heavy atom. The molecular formula is C20H31N3O3S. The molecule has 0 saturated carbocycles. The van der Waals surface area contributed by atoms with Crippen LogP contribution < -0.4 is 10.6 Å². The number of ether oxygens (including phenoxy) is 1. The van der Waals surface area contributed by atoms with Gasteiger partial charge < -0.3 is 15.4 Å².